The Hall–Kier alpha value is -15.0. The summed E-state index contributed by atoms with van der Waals surface area (Å²) in [7, 11) is 0. The van der Waals surface area contributed by atoms with Crippen molar-refractivity contribution in [2.45, 2.75) is 12.8 Å². The second-order valence-corrected chi connectivity index (χ2v) is 29.8. The topological polar surface area (TPSA) is 29.6 Å². The quantitative estimate of drug-likeness (QED) is 0.138. The van der Waals surface area contributed by atoms with Crippen molar-refractivity contribution >= 4 is 126 Å². The van der Waals surface area contributed by atoms with E-state index >= 15 is 0 Å². The summed E-state index contributed by atoms with van der Waals surface area (Å²) in [6, 6.07) is 149. The minimum Gasteiger partial charge on any atom is -0.309 e. The first-order chi connectivity index (χ1) is 56.6. The number of fused-ring (bicyclic) bond motifs is 18. The first-order valence-corrected chi connectivity index (χ1v) is 39.4. The van der Waals surface area contributed by atoms with Crippen molar-refractivity contribution in [1.82, 2.24) is 27.4 Å². The number of nitrogens with zero attached hydrogens (tertiary/aromatic N) is 6. The molecule has 6 nitrogen and oxygen atoms in total. The fourth-order valence-corrected chi connectivity index (χ4v) is 18.3. The normalized spacial score (nSPS) is 12.1. The lowest BCUT2D eigenvalue weighted by atomic mass is 9.97. The molecule has 0 N–H and O–H groups in total. The molecule has 6 heteroatoms. The Balaban J connectivity index is 0.000000106. The van der Waals surface area contributed by atoms with Crippen LogP contribution in [0, 0.1) is 0 Å². The fraction of sp³-hybridized carbons (Fsp3) is 0.0185. The van der Waals surface area contributed by atoms with E-state index in [9.17, 15) is 0 Å². The molecule has 1 aliphatic rings. The van der Waals surface area contributed by atoms with E-state index in [0.717, 1.165) is 18.5 Å². The number of benzene rings is 17. The molecule has 17 aromatic carbocycles. The van der Waals surface area contributed by atoms with E-state index in [-0.39, 0.29) is 0 Å². The van der Waals surface area contributed by atoms with Gasteiger partial charge in [0.15, 0.2) is 0 Å². The molecule has 23 aromatic rings. The number of hydrogen-bond donors (Lipinski definition) is 0. The van der Waals surface area contributed by atoms with Crippen LogP contribution >= 0.6 is 0 Å². The second kappa shape index (κ2) is 27.5. The van der Waals surface area contributed by atoms with Crippen molar-refractivity contribution < 1.29 is 0 Å². The molecule has 0 saturated heterocycles. The zero-order valence-electron chi connectivity index (χ0n) is 62.5. The molecule has 0 aliphatic heterocycles. The maximum Gasteiger partial charge on any atom is 0.0562 e. The zero-order chi connectivity index (χ0) is 75.2. The van der Waals surface area contributed by atoms with E-state index in [4.69, 9.17) is 0 Å². The molecule has 6 heterocycles. The monoisotopic (exact) mass is 1450 g/mol. The van der Waals surface area contributed by atoms with Crippen molar-refractivity contribution in [3.8, 4) is 67.5 Å². The molecule has 24 rings (SSSR count). The average molecular weight is 1460 g/mol. The van der Waals surface area contributed by atoms with Gasteiger partial charge in [0.1, 0.15) is 0 Å². The highest BCUT2D eigenvalue weighted by molar-refractivity contribution is 6.21. The van der Waals surface area contributed by atoms with Gasteiger partial charge in [0.2, 0.25) is 0 Å². The predicted molar refractivity (Wildman–Crippen MR) is 482 cm³/mol. The van der Waals surface area contributed by atoms with Crippen LogP contribution in [0.3, 0.4) is 0 Å². The van der Waals surface area contributed by atoms with Crippen molar-refractivity contribution in [3.63, 3.8) is 0 Å². The second-order valence-electron chi connectivity index (χ2n) is 29.8. The lowest BCUT2D eigenvalue weighted by Gasteiger charge is -2.16. The lowest BCUT2D eigenvalue weighted by Crippen LogP contribution is -2.01. The van der Waals surface area contributed by atoms with Crippen LogP contribution in [0.1, 0.15) is 17.7 Å². The minimum absolute atomic E-state index is 1.04. The van der Waals surface area contributed by atoms with Crippen LogP contribution in [0.25, 0.3) is 194 Å². The van der Waals surface area contributed by atoms with E-state index in [1.165, 1.54) is 193 Å². The van der Waals surface area contributed by atoms with Gasteiger partial charge in [0.05, 0.1) is 60.7 Å². The van der Waals surface area contributed by atoms with Crippen LogP contribution in [-0.2, 0) is 6.42 Å². The Labute approximate surface area is 659 Å². The minimum atomic E-state index is 1.04. The average Bonchev–Trinajstić information content (AvgIpc) is 1.66. The largest absolute Gasteiger partial charge is 0.309 e. The third-order valence-electron chi connectivity index (χ3n) is 23.4. The van der Waals surface area contributed by atoms with Gasteiger partial charge in [-0.3, -0.25) is 0 Å². The smallest absolute Gasteiger partial charge is 0.0562 e. The first kappa shape index (κ1) is 66.0. The molecule has 0 spiro atoms. The van der Waals surface area contributed by atoms with Gasteiger partial charge in [-0.15, -0.1) is 0 Å². The third-order valence-corrected chi connectivity index (χ3v) is 23.4. The lowest BCUT2D eigenvalue weighted by molar-refractivity contribution is 0.968. The fourth-order valence-electron chi connectivity index (χ4n) is 18.3. The van der Waals surface area contributed by atoms with E-state index < -0.39 is 0 Å². The molecule has 1 aliphatic carbocycles. The number of para-hydroxylation sites is 9. The summed E-state index contributed by atoms with van der Waals surface area (Å²) in [5, 5.41) is 14.2. The van der Waals surface area contributed by atoms with Crippen LogP contribution in [0.5, 0.6) is 0 Å². The first-order valence-electron chi connectivity index (χ1n) is 39.4. The SMILES string of the molecule is C1=Cc2c(c3cc4c5ccccc5n(-c5ccccc5)c4cc3n2-c2cc(-c3ccccc3)cc(-c3ccccc3)c2)CC1.c1ccc(-c2ccc(-n3c4ccccc4c4cc5c6ccccc6n(-c6ccccc6)c5cc43)cc2)cc1.c1ccc(-n2c3ccccc3c3cc4c5ccccc5n(-c5ccccc5)c4cc32)cc1. The molecule has 0 bridgehead atoms. The molecule has 0 saturated carbocycles. The van der Waals surface area contributed by atoms with Crippen LogP contribution in [0.15, 0.2) is 419 Å². The van der Waals surface area contributed by atoms with Crippen molar-refractivity contribution in [1.29, 1.82) is 0 Å². The Bertz CT molecular complexity index is 7460. The van der Waals surface area contributed by atoms with Crippen LogP contribution < -0.4 is 0 Å². The predicted octanol–water partition coefficient (Wildman–Crippen LogP) is 28.4. The number of allylic oxidation sites excluding steroid dienone is 1. The van der Waals surface area contributed by atoms with Crippen LogP contribution in [0.4, 0.5) is 0 Å². The molecule has 0 amide bonds. The highest BCUT2D eigenvalue weighted by Crippen LogP contribution is 2.45. The van der Waals surface area contributed by atoms with E-state index in [1.807, 2.05) is 0 Å². The van der Waals surface area contributed by atoms with Gasteiger partial charge in [0, 0.05) is 99.1 Å². The van der Waals surface area contributed by atoms with Crippen molar-refractivity contribution in [3.05, 3.63) is 430 Å². The maximum absolute atomic E-state index is 2.51. The number of rotatable bonds is 9. The highest BCUT2D eigenvalue weighted by Gasteiger charge is 2.25. The molecular formula is C108H74N6. The molecule has 0 fully saturated rings. The van der Waals surface area contributed by atoms with Gasteiger partial charge in [-0.05, 0) is 203 Å². The summed E-state index contributed by atoms with van der Waals surface area (Å²) in [5.74, 6) is 0. The van der Waals surface area contributed by atoms with Crippen molar-refractivity contribution in [2.24, 2.45) is 0 Å². The van der Waals surface area contributed by atoms with Gasteiger partial charge in [-0.2, -0.15) is 0 Å². The number of aromatic nitrogens is 6. The third kappa shape index (κ3) is 11.0. The summed E-state index contributed by atoms with van der Waals surface area (Å²) in [5.41, 5.74) is 30.6. The van der Waals surface area contributed by atoms with E-state index in [0.29, 0.717) is 0 Å². The van der Waals surface area contributed by atoms with Gasteiger partial charge in [0.25, 0.3) is 0 Å². The van der Waals surface area contributed by atoms with Gasteiger partial charge in [-0.25, -0.2) is 0 Å². The van der Waals surface area contributed by atoms with Gasteiger partial charge in [-0.1, -0.05) is 273 Å². The molecule has 0 unspecified atom stereocenters. The molecule has 6 aromatic heterocycles. The molecule has 0 radical (unpaired) electrons. The Morgan fingerprint density at radius 3 is 0.737 bits per heavy atom. The Morgan fingerprint density at radius 1 is 0.158 bits per heavy atom. The Kier molecular flexibility index (Phi) is 16.0. The van der Waals surface area contributed by atoms with E-state index in [2.05, 4.69) is 452 Å². The standard InChI is InChI=1S/C42H30N2.C36H24N2.C30H20N2/c1-4-14-29(15-5-1)31-24-32(30-16-6-2-7-17-30)26-34(25-31)44-40-23-13-11-21-36(40)38-27-37-35-20-10-12-22-39(35)43(41(37)28-42(38)44)33-18-8-3-9-19-33;1-3-11-25(12-4-1)26-19-21-28(22-20-26)38-34-18-10-8-16-30(34)32-23-31-29-15-7-9-17-33(29)37(35(31)24-36(32)38)27-13-5-2-6-14-27;1-3-11-21(12-4-1)31-27-17-9-7-15-23(27)25-19-26-24-16-8-10-18-28(24)32(30(26)20-29(25)31)22-13-5-2-6-14-22/h1-10,12-20,22-28H,11,21H2;1-24H;1-20H. The van der Waals surface area contributed by atoms with E-state index in [1.54, 1.807) is 0 Å². The summed E-state index contributed by atoms with van der Waals surface area (Å²) in [4.78, 5) is 0. The summed E-state index contributed by atoms with van der Waals surface area (Å²) >= 11 is 0. The summed E-state index contributed by atoms with van der Waals surface area (Å²) in [6.45, 7) is 0. The maximum atomic E-state index is 2.51. The van der Waals surface area contributed by atoms with Gasteiger partial charge < -0.3 is 27.4 Å². The molecular weight excluding hydrogens is 1380 g/mol. The molecule has 114 heavy (non-hydrogen) atoms. The highest BCUT2D eigenvalue weighted by atomic mass is 15.0. The Morgan fingerprint density at radius 2 is 0.412 bits per heavy atom. The van der Waals surface area contributed by atoms with Gasteiger partial charge >= 0.3 is 0 Å². The molecule has 0 atom stereocenters. The molecule has 536 valence electrons. The van der Waals surface area contributed by atoms with Crippen molar-refractivity contribution in [2.75, 3.05) is 0 Å². The van der Waals surface area contributed by atoms with Crippen LogP contribution in [0.2, 0.25) is 0 Å². The summed E-state index contributed by atoms with van der Waals surface area (Å²) < 4.78 is 14.5. The summed E-state index contributed by atoms with van der Waals surface area (Å²) in [6.07, 6.45) is 6.78. The van der Waals surface area contributed by atoms with Crippen LogP contribution in [-0.4, -0.2) is 27.4 Å². The zero-order valence-corrected chi connectivity index (χ0v) is 62.5. The number of hydrogen-bond acceptors (Lipinski definition) is 0. The number of aryl methyl sites for hydroxylation is 1.